The minimum Gasteiger partial charge on any atom is -0.481 e. The Morgan fingerprint density at radius 2 is 2.22 bits per heavy atom. The van der Waals surface area contributed by atoms with E-state index in [1.807, 2.05) is 6.92 Å². The maximum absolute atomic E-state index is 10.9. The molecule has 2 atom stereocenters. The van der Waals surface area contributed by atoms with Gasteiger partial charge in [0.1, 0.15) is 0 Å². The first kappa shape index (κ1) is 14.2. The first-order chi connectivity index (χ1) is 8.43. The summed E-state index contributed by atoms with van der Waals surface area (Å²) < 4.78 is 4.93. The monoisotopic (exact) mass is 255 g/mol. The normalized spacial score (nSPS) is 13.8. The highest BCUT2D eigenvalue weighted by atomic mass is 16.6. The molecule has 0 radical (unpaired) electrons. The molecule has 0 saturated heterocycles. The average Bonchev–Trinajstić information content (AvgIpc) is 2.27. The third-order valence-electron chi connectivity index (χ3n) is 2.33. The van der Waals surface area contributed by atoms with Crippen LogP contribution in [0.3, 0.4) is 0 Å². The summed E-state index contributed by atoms with van der Waals surface area (Å²) in [6.07, 6.45) is -0.0204. The van der Waals surface area contributed by atoms with Gasteiger partial charge in [0.15, 0.2) is 0 Å². The van der Waals surface area contributed by atoms with Crippen LogP contribution >= 0.6 is 0 Å². The fourth-order valence-corrected chi connectivity index (χ4v) is 1.61. The zero-order valence-electron chi connectivity index (χ0n) is 10.6. The van der Waals surface area contributed by atoms with Crippen molar-refractivity contribution in [1.82, 2.24) is 4.98 Å². The number of hydrogen-bond donors (Lipinski definition) is 2. The lowest BCUT2D eigenvalue weighted by atomic mass is 10.1. The van der Waals surface area contributed by atoms with Gasteiger partial charge in [-0.15, -0.1) is 0 Å². The van der Waals surface area contributed by atoms with E-state index in [1.165, 1.54) is 19.2 Å². The number of aliphatic hydroxyl groups excluding tert-OH is 1. The number of anilines is 1. The highest BCUT2D eigenvalue weighted by Gasteiger charge is 2.18. The average molecular weight is 255 g/mol. The number of ether oxygens (including phenoxy) is 1. The van der Waals surface area contributed by atoms with Crippen molar-refractivity contribution in [3.05, 3.63) is 22.2 Å². The molecule has 1 heterocycles. The second-order valence-electron chi connectivity index (χ2n) is 4.11. The van der Waals surface area contributed by atoms with Crippen LogP contribution in [0.1, 0.15) is 20.3 Å². The van der Waals surface area contributed by atoms with Gasteiger partial charge in [-0.1, -0.05) is 0 Å². The summed E-state index contributed by atoms with van der Waals surface area (Å²) in [6, 6.07) is 2.63. The Labute approximate surface area is 105 Å². The SMILES string of the molecule is COc1ccc([N+](=O)[O-])c(NC(C)CC(C)O)n1. The van der Waals surface area contributed by atoms with Crippen LogP contribution < -0.4 is 10.1 Å². The number of methoxy groups -OCH3 is 1. The van der Waals surface area contributed by atoms with Gasteiger partial charge < -0.3 is 15.2 Å². The van der Waals surface area contributed by atoms with E-state index in [0.29, 0.717) is 12.3 Å². The minimum absolute atomic E-state index is 0.117. The van der Waals surface area contributed by atoms with Crippen molar-refractivity contribution in [2.24, 2.45) is 0 Å². The minimum atomic E-state index is -0.510. The lowest BCUT2D eigenvalue weighted by Gasteiger charge is -2.16. The Morgan fingerprint density at radius 3 is 2.72 bits per heavy atom. The second-order valence-corrected chi connectivity index (χ2v) is 4.11. The van der Waals surface area contributed by atoms with E-state index in [9.17, 15) is 15.2 Å². The second kappa shape index (κ2) is 6.15. The van der Waals surface area contributed by atoms with Crippen LogP contribution in [0.4, 0.5) is 11.5 Å². The van der Waals surface area contributed by atoms with Crippen LogP contribution in [-0.2, 0) is 0 Å². The van der Waals surface area contributed by atoms with E-state index in [-0.39, 0.29) is 17.5 Å². The Morgan fingerprint density at radius 1 is 1.56 bits per heavy atom. The molecular formula is C11H17N3O4. The van der Waals surface area contributed by atoms with Crippen molar-refractivity contribution in [3.8, 4) is 5.88 Å². The molecule has 0 aliphatic carbocycles. The van der Waals surface area contributed by atoms with Crippen LogP contribution in [0.5, 0.6) is 5.88 Å². The van der Waals surface area contributed by atoms with E-state index in [2.05, 4.69) is 10.3 Å². The standard InChI is InChI=1S/C11H17N3O4/c1-7(6-8(2)15)12-11-9(14(16)17)4-5-10(13-11)18-3/h4-5,7-8,15H,6H2,1-3H3,(H,12,13). The van der Waals surface area contributed by atoms with Crippen molar-refractivity contribution in [2.75, 3.05) is 12.4 Å². The van der Waals surface area contributed by atoms with Crippen molar-refractivity contribution >= 4 is 11.5 Å². The van der Waals surface area contributed by atoms with Gasteiger partial charge >= 0.3 is 5.69 Å². The molecule has 2 N–H and O–H groups in total. The van der Waals surface area contributed by atoms with Gasteiger partial charge in [0, 0.05) is 18.2 Å². The third kappa shape index (κ3) is 3.85. The molecule has 0 spiro atoms. The van der Waals surface area contributed by atoms with Crippen molar-refractivity contribution in [1.29, 1.82) is 0 Å². The van der Waals surface area contributed by atoms with Crippen molar-refractivity contribution in [3.63, 3.8) is 0 Å². The summed E-state index contributed by atoms with van der Waals surface area (Å²) in [5.74, 6) is 0.444. The highest BCUT2D eigenvalue weighted by molar-refractivity contribution is 5.57. The molecule has 0 bridgehead atoms. The highest BCUT2D eigenvalue weighted by Crippen LogP contribution is 2.25. The number of nitrogens with zero attached hydrogens (tertiary/aromatic N) is 2. The zero-order valence-corrected chi connectivity index (χ0v) is 10.6. The van der Waals surface area contributed by atoms with Gasteiger partial charge in [0.25, 0.3) is 0 Å². The molecule has 1 aromatic rings. The van der Waals surface area contributed by atoms with Crippen LogP contribution in [0.15, 0.2) is 12.1 Å². The van der Waals surface area contributed by atoms with E-state index >= 15 is 0 Å². The smallest absolute Gasteiger partial charge is 0.311 e. The summed E-state index contributed by atoms with van der Waals surface area (Å²) in [4.78, 5) is 14.4. The molecule has 7 nitrogen and oxygen atoms in total. The number of nitrogens with one attached hydrogen (secondary N) is 1. The number of aliphatic hydroxyl groups is 1. The first-order valence-electron chi connectivity index (χ1n) is 5.58. The molecule has 18 heavy (non-hydrogen) atoms. The predicted molar refractivity (Wildman–Crippen MR) is 66.8 cm³/mol. The zero-order chi connectivity index (χ0) is 13.7. The molecule has 2 unspecified atom stereocenters. The topological polar surface area (TPSA) is 97.5 Å². The summed E-state index contributed by atoms with van der Waals surface area (Å²) >= 11 is 0. The number of rotatable bonds is 6. The van der Waals surface area contributed by atoms with Gasteiger partial charge in [0.05, 0.1) is 18.1 Å². The number of hydrogen-bond acceptors (Lipinski definition) is 6. The summed E-state index contributed by atoms with van der Waals surface area (Å²) in [5.41, 5.74) is -0.117. The van der Waals surface area contributed by atoms with Crippen LogP contribution in [0, 0.1) is 10.1 Å². The quantitative estimate of drug-likeness (QED) is 0.591. The molecule has 7 heteroatoms. The number of aromatic nitrogens is 1. The molecule has 0 aliphatic rings. The van der Waals surface area contributed by atoms with Crippen molar-refractivity contribution < 1.29 is 14.8 Å². The van der Waals surface area contributed by atoms with E-state index < -0.39 is 11.0 Å². The molecule has 0 fully saturated rings. The summed E-state index contributed by atoms with van der Waals surface area (Å²) in [7, 11) is 1.44. The van der Waals surface area contributed by atoms with Crippen LogP contribution in [0.2, 0.25) is 0 Å². The number of pyridine rings is 1. The van der Waals surface area contributed by atoms with E-state index in [0.717, 1.165) is 0 Å². The molecule has 0 aromatic carbocycles. The predicted octanol–water partition coefficient (Wildman–Crippen LogP) is 1.57. The summed E-state index contributed by atoms with van der Waals surface area (Å²) in [6.45, 7) is 3.48. The molecule has 0 amide bonds. The van der Waals surface area contributed by atoms with Crippen LogP contribution in [0.25, 0.3) is 0 Å². The Bertz CT molecular complexity index is 423. The lowest BCUT2D eigenvalue weighted by Crippen LogP contribution is -2.21. The van der Waals surface area contributed by atoms with Crippen LogP contribution in [-0.4, -0.2) is 34.3 Å². The van der Waals surface area contributed by atoms with E-state index in [1.54, 1.807) is 6.92 Å². The third-order valence-corrected chi connectivity index (χ3v) is 2.33. The summed E-state index contributed by atoms with van der Waals surface area (Å²) in [5, 5.41) is 23.0. The molecule has 0 aliphatic heterocycles. The molecule has 100 valence electrons. The molecule has 0 saturated carbocycles. The van der Waals surface area contributed by atoms with Crippen molar-refractivity contribution in [2.45, 2.75) is 32.4 Å². The maximum Gasteiger partial charge on any atom is 0.311 e. The number of nitro groups is 1. The van der Waals surface area contributed by atoms with Gasteiger partial charge in [-0.3, -0.25) is 10.1 Å². The lowest BCUT2D eigenvalue weighted by molar-refractivity contribution is -0.384. The molecule has 1 aromatic heterocycles. The fourth-order valence-electron chi connectivity index (χ4n) is 1.61. The molecule has 1 rings (SSSR count). The Balaban J connectivity index is 2.93. The fraction of sp³-hybridized carbons (Fsp3) is 0.545. The maximum atomic E-state index is 10.9. The van der Waals surface area contributed by atoms with Gasteiger partial charge in [0.2, 0.25) is 11.7 Å². The van der Waals surface area contributed by atoms with Gasteiger partial charge in [-0.05, 0) is 20.3 Å². The first-order valence-corrected chi connectivity index (χ1v) is 5.58. The Hall–Kier alpha value is -1.89. The largest absolute Gasteiger partial charge is 0.481 e. The van der Waals surface area contributed by atoms with E-state index in [4.69, 9.17) is 4.74 Å². The van der Waals surface area contributed by atoms with Gasteiger partial charge in [-0.2, -0.15) is 4.98 Å². The Kier molecular flexibility index (Phi) is 4.85. The van der Waals surface area contributed by atoms with Gasteiger partial charge in [-0.25, -0.2) is 0 Å². The molecular weight excluding hydrogens is 238 g/mol.